The molecule has 0 unspecified atom stereocenters. The fraction of sp³-hybridized carbons (Fsp3) is 0.240. The van der Waals surface area contributed by atoms with Gasteiger partial charge in [-0.25, -0.2) is 0 Å². The summed E-state index contributed by atoms with van der Waals surface area (Å²) < 4.78 is 16.5. The van der Waals surface area contributed by atoms with E-state index in [9.17, 15) is 4.79 Å². The summed E-state index contributed by atoms with van der Waals surface area (Å²) >= 11 is 0. The maximum absolute atomic E-state index is 12.2. The molecule has 0 atom stereocenters. The van der Waals surface area contributed by atoms with Crippen molar-refractivity contribution in [2.24, 2.45) is 0 Å². The van der Waals surface area contributed by atoms with Crippen LogP contribution in [0.3, 0.4) is 0 Å². The molecule has 3 aromatic carbocycles. The summed E-state index contributed by atoms with van der Waals surface area (Å²) in [6, 6.07) is 24.0. The molecule has 0 aromatic heterocycles. The topological polar surface area (TPSA) is 56.8 Å². The predicted molar refractivity (Wildman–Crippen MR) is 114 cm³/mol. The number of nitrogens with one attached hydrogen (secondary N) is 1. The van der Waals surface area contributed by atoms with Crippen LogP contribution in [0.4, 0.5) is 0 Å². The number of rotatable bonds is 9. The van der Waals surface area contributed by atoms with Crippen LogP contribution in [0.1, 0.15) is 28.7 Å². The van der Waals surface area contributed by atoms with Crippen molar-refractivity contribution in [3.05, 3.63) is 95.1 Å². The smallest absolute Gasteiger partial charge is 0.231 e. The first-order valence-electron chi connectivity index (χ1n) is 10.1. The van der Waals surface area contributed by atoms with Crippen LogP contribution in [0.2, 0.25) is 0 Å². The van der Waals surface area contributed by atoms with Crippen LogP contribution in [0.25, 0.3) is 0 Å². The molecule has 5 heteroatoms. The molecule has 0 spiro atoms. The van der Waals surface area contributed by atoms with Gasteiger partial charge in [0.15, 0.2) is 11.5 Å². The molecule has 154 valence electrons. The van der Waals surface area contributed by atoms with E-state index in [-0.39, 0.29) is 12.7 Å². The first-order chi connectivity index (χ1) is 14.8. The number of hydrogen-bond donors (Lipinski definition) is 1. The minimum atomic E-state index is 0.0263. The van der Waals surface area contributed by atoms with Crippen molar-refractivity contribution in [2.75, 3.05) is 6.79 Å². The van der Waals surface area contributed by atoms with Gasteiger partial charge in [-0.2, -0.15) is 0 Å². The minimum absolute atomic E-state index is 0.0263. The molecule has 1 aliphatic rings. The van der Waals surface area contributed by atoms with E-state index in [0.29, 0.717) is 32.6 Å². The zero-order chi connectivity index (χ0) is 20.6. The van der Waals surface area contributed by atoms with Crippen LogP contribution in [-0.2, 0) is 35.7 Å². The van der Waals surface area contributed by atoms with E-state index in [1.54, 1.807) is 0 Å². The normalized spacial score (nSPS) is 12.0. The number of aryl methyl sites for hydroxylation is 1. The van der Waals surface area contributed by atoms with Gasteiger partial charge < -0.3 is 19.5 Å². The SMILES string of the molecule is O=C(CCc1ccc2c(c1)OCO2)NCc1cccc(COCc2ccccc2)c1. The molecule has 1 aliphatic heterocycles. The molecule has 30 heavy (non-hydrogen) atoms. The zero-order valence-corrected chi connectivity index (χ0v) is 16.8. The molecule has 1 heterocycles. The van der Waals surface area contributed by atoms with Crippen LogP contribution in [0.15, 0.2) is 72.8 Å². The molecule has 0 fully saturated rings. The minimum Gasteiger partial charge on any atom is -0.454 e. The Morgan fingerprint density at radius 1 is 0.800 bits per heavy atom. The second-order valence-electron chi connectivity index (χ2n) is 7.26. The van der Waals surface area contributed by atoms with E-state index in [1.807, 2.05) is 54.6 Å². The molecule has 4 rings (SSSR count). The van der Waals surface area contributed by atoms with Gasteiger partial charge in [-0.3, -0.25) is 4.79 Å². The average Bonchev–Trinajstić information content (AvgIpc) is 3.25. The maximum atomic E-state index is 12.2. The Balaban J connectivity index is 1.20. The monoisotopic (exact) mass is 403 g/mol. The Morgan fingerprint density at radius 3 is 2.47 bits per heavy atom. The summed E-state index contributed by atoms with van der Waals surface area (Å²) in [5.41, 5.74) is 4.38. The summed E-state index contributed by atoms with van der Waals surface area (Å²) in [5, 5.41) is 2.99. The Kier molecular flexibility index (Phi) is 6.62. The van der Waals surface area contributed by atoms with Crippen molar-refractivity contribution >= 4 is 5.91 Å². The van der Waals surface area contributed by atoms with E-state index >= 15 is 0 Å². The third kappa shape index (κ3) is 5.61. The molecule has 5 nitrogen and oxygen atoms in total. The van der Waals surface area contributed by atoms with Crippen molar-refractivity contribution in [2.45, 2.75) is 32.6 Å². The first kappa shape index (κ1) is 20.0. The first-order valence-corrected chi connectivity index (χ1v) is 10.1. The van der Waals surface area contributed by atoms with Gasteiger partial charge in [-0.15, -0.1) is 0 Å². The van der Waals surface area contributed by atoms with Crippen LogP contribution in [-0.4, -0.2) is 12.7 Å². The second kappa shape index (κ2) is 9.94. The molecule has 1 amide bonds. The Morgan fingerprint density at radius 2 is 1.57 bits per heavy atom. The highest BCUT2D eigenvalue weighted by Crippen LogP contribution is 2.32. The molecular weight excluding hydrogens is 378 g/mol. The van der Waals surface area contributed by atoms with Crippen molar-refractivity contribution in [1.82, 2.24) is 5.32 Å². The quantitative estimate of drug-likeness (QED) is 0.576. The van der Waals surface area contributed by atoms with E-state index in [4.69, 9.17) is 14.2 Å². The summed E-state index contributed by atoms with van der Waals surface area (Å²) in [6.07, 6.45) is 1.09. The highest BCUT2D eigenvalue weighted by molar-refractivity contribution is 5.76. The van der Waals surface area contributed by atoms with Crippen LogP contribution >= 0.6 is 0 Å². The third-order valence-corrected chi connectivity index (χ3v) is 4.94. The largest absolute Gasteiger partial charge is 0.454 e. The summed E-state index contributed by atoms with van der Waals surface area (Å²) in [6.45, 7) is 1.89. The molecule has 0 saturated heterocycles. The molecule has 1 N–H and O–H groups in total. The number of benzene rings is 3. The van der Waals surface area contributed by atoms with Gasteiger partial charge in [0, 0.05) is 13.0 Å². The maximum Gasteiger partial charge on any atom is 0.231 e. The van der Waals surface area contributed by atoms with Gasteiger partial charge in [-0.05, 0) is 40.8 Å². The lowest BCUT2D eigenvalue weighted by atomic mass is 10.1. The summed E-state index contributed by atoms with van der Waals surface area (Å²) in [4.78, 5) is 12.2. The van der Waals surface area contributed by atoms with Crippen molar-refractivity contribution in [3.63, 3.8) is 0 Å². The number of hydrogen-bond acceptors (Lipinski definition) is 4. The molecule has 3 aromatic rings. The standard InChI is InChI=1S/C25H25NO4/c27-25(12-10-19-9-11-23-24(14-19)30-18-29-23)26-15-21-7-4-8-22(13-21)17-28-16-20-5-2-1-3-6-20/h1-9,11,13-14H,10,12,15-18H2,(H,26,27). The highest BCUT2D eigenvalue weighted by Gasteiger charge is 2.13. The van der Waals surface area contributed by atoms with Gasteiger partial charge in [0.25, 0.3) is 0 Å². The number of carbonyl (C=O) groups is 1. The van der Waals surface area contributed by atoms with Gasteiger partial charge in [0.05, 0.1) is 13.2 Å². The van der Waals surface area contributed by atoms with Crippen LogP contribution < -0.4 is 14.8 Å². The van der Waals surface area contributed by atoms with Crippen LogP contribution in [0, 0.1) is 0 Å². The molecule has 0 radical (unpaired) electrons. The predicted octanol–water partition coefficient (Wildman–Crippen LogP) is 4.38. The fourth-order valence-electron chi connectivity index (χ4n) is 3.33. The van der Waals surface area contributed by atoms with Crippen molar-refractivity contribution in [3.8, 4) is 11.5 Å². The molecule has 0 bridgehead atoms. The van der Waals surface area contributed by atoms with Crippen LogP contribution in [0.5, 0.6) is 11.5 Å². The number of amides is 1. The lowest BCUT2D eigenvalue weighted by molar-refractivity contribution is -0.121. The molecule has 0 saturated carbocycles. The highest BCUT2D eigenvalue weighted by atomic mass is 16.7. The lowest BCUT2D eigenvalue weighted by Gasteiger charge is -2.09. The average molecular weight is 403 g/mol. The van der Waals surface area contributed by atoms with Gasteiger partial charge >= 0.3 is 0 Å². The van der Waals surface area contributed by atoms with E-state index < -0.39 is 0 Å². The van der Waals surface area contributed by atoms with Crippen molar-refractivity contribution < 1.29 is 19.0 Å². The van der Waals surface area contributed by atoms with E-state index in [2.05, 4.69) is 23.5 Å². The second-order valence-corrected chi connectivity index (χ2v) is 7.26. The zero-order valence-electron chi connectivity index (χ0n) is 16.8. The number of ether oxygens (including phenoxy) is 3. The Bertz CT molecular complexity index is 987. The summed E-state index contributed by atoms with van der Waals surface area (Å²) in [7, 11) is 0. The van der Waals surface area contributed by atoms with Gasteiger partial charge in [0.2, 0.25) is 12.7 Å². The van der Waals surface area contributed by atoms with Gasteiger partial charge in [-0.1, -0.05) is 60.7 Å². The third-order valence-electron chi connectivity index (χ3n) is 4.94. The number of carbonyl (C=O) groups excluding carboxylic acids is 1. The Hall–Kier alpha value is -3.31. The van der Waals surface area contributed by atoms with E-state index in [1.165, 1.54) is 0 Å². The lowest BCUT2D eigenvalue weighted by Crippen LogP contribution is -2.23. The Labute approximate surface area is 176 Å². The van der Waals surface area contributed by atoms with Crippen molar-refractivity contribution in [1.29, 1.82) is 0 Å². The van der Waals surface area contributed by atoms with E-state index in [0.717, 1.165) is 33.8 Å². The van der Waals surface area contributed by atoms with Gasteiger partial charge in [0.1, 0.15) is 0 Å². The fourth-order valence-corrected chi connectivity index (χ4v) is 3.33. The number of fused-ring (bicyclic) bond motifs is 1. The summed E-state index contributed by atoms with van der Waals surface area (Å²) in [5.74, 6) is 1.54. The molecular formula is C25H25NO4. The molecule has 0 aliphatic carbocycles.